The molecular formula is C21H21NO5S. The van der Waals surface area contributed by atoms with Crippen LogP contribution in [0.2, 0.25) is 0 Å². The third kappa shape index (κ3) is 3.24. The van der Waals surface area contributed by atoms with Gasteiger partial charge in [0.1, 0.15) is 16.9 Å². The molecule has 2 aliphatic rings. The van der Waals surface area contributed by atoms with E-state index in [4.69, 9.17) is 9.15 Å². The van der Waals surface area contributed by atoms with Crippen molar-refractivity contribution in [3.8, 4) is 5.75 Å². The second kappa shape index (κ2) is 6.51. The molecule has 7 heteroatoms. The number of furan rings is 1. The molecule has 2 heterocycles. The Morgan fingerprint density at radius 2 is 1.82 bits per heavy atom. The maximum Gasteiger partial charge on any atom is 0.261 e. The lowest BCUT2D eigenvalue weighted by Gasteiger charge is -2.28. The van der Waals surface area contributed by atoms with Gasteiger partial charge in [0, 0.05) is 22.9 Å². The molecular weight excluding hydrogens is 378 g/mol. The molecule has 1 aliphatic carbocycles. The number of nitrogens with zero attached hydrogens (tertiary/aromatic N) is 1. The average molecular weight is 399 g/mol. The molecule has 0 bridgehead atoms. The van der Waals surface area contributed by atoms with Crippen molar-refractivity contribution < 1.29 is 22.4 Å². The van der Waals surface area contributed by atoms with E-state index in [0.29, 0.717) is 12.2 Å². The Kier molecular flexibility index (Phi) is 4.08. The Balaban J connectivity index is 1.33. The van der Waals surface area contributed by atoms with Gasteiger partial charge in [-0.1, -0.05) is 18.2 Å². The number of rotatable bonds is 5. The van der Waals surface area contributed by atoms with Gasteiger partial charge in [0.15, 0.2) is 16.4 Å². The van der Waals surface area contributed by atoms with E-state index >= 15 is 0 Å². The molecule has 1 aromatic heterocycles. The zero-order valence-electron chi connectivity index (χ0n) is 15.3. The molecule has 2 aromatic carbocycles. The zero-order chi connectivity index (χ0) is 19.3. The predicted octanol–water partition coefficient (Wildman–Crippen LogP) is 3.14. The summed E-state index contributed by atoms with van der Waals surface area (Å²) >= 11 is 0. The van der Waals surface area contributed by atoms with Crippen molar-refractivity contribution in [1.29, 1.82) is 0 Å². The molecule has 1 aliphatic heterocycles. The van der Waals surface area contributed by atoms with E-state index in [2.05, 4.69) is 0 Å². The molecule has 146 valence electrons. The first kappa shape index (κ1) is 17.6. The zero-order valence-corrected chi connectivity index (χ0v) is 16.2. The summed E-state index contributed by atoms with van der Waals surface area (Å²) < 4.78 is 35.2. The van der Waals surface area contributed by atoms with Gasteiger partial charge in [0.2, 0.25) is 0 Å². The molecule has 0 spiro atoms. The molecule has 0 N–H and O–H groups in total. The highest BCUT2D eigenvalue weighted by Crippen LogP contribution is 2.33. The SMILES string of the molecule is O=C(COc1ccc2oc3ccccc3c2c1)N(C1CC1)[C@@H]1CCS(=O)(=O)C1. The number of carbonyl (C=O) groups is 1. The number of hydrogen-bond acceptors (Lipinski definition) is 5. The smallest absolute Gasteiger partial charge is 0.261 e. The third-order valence-electron chi connectivity index (χ3n) is 5.54. The van der Waals surface area contributed by atoms with E-state index in [0.717, 1.165) is 34.8 Å². The highest BCUT2D eigenvalue weighted by molar-refractivity contribution is 7.91. The van der Waals surface area contributed by atoms with Gasteiger partial charge in [-0.15, -0.1) is 0 Å². The van der Waals surface area contributed by atoms with Gasteiger partial charge < -0.3 is 14.1 Å². The maximum absolute atomic E-state index is 12.8. The van der Waals surface area contributed by atoms with Crippen molar-refractivity contribution in [1.82, 2.24) is 4.90 Å². The fourth-order valence-corrected chi connectivity index (χ4v) is 5.78. The van der Waals surface area contributed by atoms with Crippen LogP contribution in [-0.2, 0) is 14.6 Å². The van der Waals surface area contributed by atoms with Gasteiger partial charge in [-0.25, -0.2) is 8.42 Å². The van der Waals surface area contributed by atoms with Gasteiger partial charge in [-0.2, -0.15) is 0 Å². The highest BCUT2D eigenvalue weighted by atomic mass is 32.2. The first-order valence-electron chi connectivity index (χ1n) is 9.56. The molecule has 1 atom stereocenters. The van der Waals surface area contributed by atoms with Crippen LogP contribution in [0.1, 0.15) is 19.3 Å². The van der Waals surface area contributed by atoms with Crippen LogP contribution in [0, 0.1) is 0 Å². The van der Waals surface area contributed by atoms with Gasteiger partial charge in [0.05, 0.1) is 11.5 Å². The monoisotopic (exact) mass is 399 g/mol. The molecule has 1 saturated heterocycles. The number of fused-ring (bicyclic) bond motifs is 3. The standard InChI is InChI=1S/C21H21NO5S/c23-21(22(14-5-6-14)15-9-10-28(24,25)13-15)12-26-16-7-8-20-18(11-16)17-3-1-2-4-19(17)27-20/h1-4,7-8,11,14-15H,5-6,9-10,12-13H2/t15-/m1/s1. The first-order valence-corrected chi connectivity index (χ1v) is 11.4. The van der Waals surface area contributed by atoms with Gasteiger partial charge in [-0.3, -0.25) is 4.79 Å². The van der Waals surface area contributed by atoms with E-state index in [-0.39, 0.29) is 36.1 Å². The first-order chi connectivity index (χ1) is 13.5. The number of hydrogen-bond donors (Lipinski definition) is 0. The summed E-state index contributed by atoms with van der Waals surface area (Å²) in [5.41, 5.74) is 1.59. The fourth-order valence-electron chi connectivity index (χ4n) is 4.07. The van der Waals surface area contributed by atoms with E-state index in [1.807, 2.05) is 36.4 Å². The van der Waals surface area contributed by atoms with Crippen molar-refractivity contribution in [3.05, 3.63) is 42.5 Å². The van der Waals surface area contributed by atoms with E-state index < -0.39 is 9.84 Å². The third-order valence-corrected chi connectivity index (χ3v) is 7.29. The molecule has 6 nitrogen and oxygen atoms in total. The van der Waals surface area contributed by atoms with E-state index in [1.54, 1.807) is 11.0 Å². The predicted molar refractivity (Wildman–Crippen MR) is 106 cm³/mol. The second-order valence-corrected chi connectivity index (χ2v) is 9.86. The molecule has 28 heavy (non-hydrogen) atoms. The number of sulfone groups is 1. The highest BCUT2D eigenvalue weighted by Gasteiger charge is 2.42. The summed E-state index contributed by atoms with van der Waals surface area (Å²) in [5, 5.41) is 1.95. The normalized spacial score (nSPS) is 21.2. The number of ether oxygens (including phenoxy) is 1. The van der Waals surface area contributed by atoms with Crippen LogP contribution in [0.15, 0.2) is 46.9 Å². The van der Waals surface area contributed by atoms with Crippen LogP contribution in [0.4, 0.5) is 0 Å². The minimum atomic E-state index is -3.03. The van der Waals surface area contributed by atoms with Gasteiger partial charge in [0.25, 0.3) is 5.91 Å². The van der Waals surface area contributed by atoms with Crippen LogP contribution in [0.5, 0.6) is 5.75 Å². The minimum Gasteiger partial charge on any atom is -0.484 e. The Bertz CT molecular complexity index is 1160. The summed E-state index contributed by atoms with van der Waals surface area (Å²) in [6, 6.07) is 13.3. The largest absolute Gasteiger partial charge is 0.484 e. The lowest BCUT2D eigenvalue weighted by Crippen LogP contribution is -2.45. The molecule has 0 unspecified atom stereocenters. The van der Waals surface area contributed by atoms with Crippen LogP contribution in [0.25, 0.3) is 21.9 Å². The second-order valence-electron chi connectivity index (χ2n) is 7.63. The van der Waals surface area contributed by atoms with Crippen molar-refractivity contribution >= 4 is 37.7 Å². The van der Waals surface area contributed by atoms with Crippen LogP contribution in [0.3, 0.4) is 0 Å². The molecule has 1 saturated carbocycles. The van der Waals surface area contributed by atoms with Crippen LogP contribution < -0.4 is 4.74 Å². The Morgan fingerprint density at radius 1 is 1.04 bits per heavy atom. The Hall–Kier alpha value is -2.54. The summed E-state index contributed by atoms with van der Waals surface area (Å²) in [7, 11) is -3.03. The summed E-state index contributed by atoms with van der Waals surface area (Å²) in [5.74, 6) is 0.700. The van der Waals surface area contributed by atoms with Gasteiger partial charge in [-0.05, 0) is 43.5 Å². The summed E-state index contributed by atoms with van der Waals surface area (Å²) in [6.45, 7) is -0.0890. The van der Waals surface area contributed by atoms with Crippen LogP contribution >= 0.6 is 0 Å². The van der Waals surface area contributed by atoms with Gasteiger partial charge >= 0.3 is 0 Å². The van der Waals surface area contributed by atoms with Crippen molar-refractivity contribution in [2.24, 2.45) is 0 Å². The average Bonchev–Trinajstić information content (AvgIpc) is 3.34. The van der Waals surface area contributed by atoms with Crippen LogP contribution in [-0.4, -0.2) is 49.4 Å². The van der Waals surface area contributed by atoms with Crippen molar-refractivity contribution in [2.45, 2.75) is 31.3 Å². The molecule has 2 fully saturated rings. The number of carbonyl (C=O) groups excluding carboxylic acids is 1. The number of amides is 1. The lowest BCUT2D eigenvalue weighted by atomic mass is 10.1. The quantitative estimate of drug-likeness (QED) is 0.659. The summed E-state index contributed by atoms with van der Waals surface area (Å²) in [6.07, 6.45) is 2.40. The molecule has 5 rings (SSSR count). The lowest BCUT2D eigenvalue weighted by molar-refractivity contribution is -0.135. The maximum atomic E-state index is 12.8. The Morgan fingerprint density at radius 3 is 2.57 bits per heavy atom. The number of para-hydroxylation sites is 1. The fraction of sp³-hybridized carbons (Fsp3) is 0.381. The van der Waals surface area contributed by atoms with Crippen molar-refractivity contribution in [3.63, 3.8) is 0 Å². The minimum absolute atomic E-state index is 0.0716. The Labute approximate surface area is 163 Å². The molecule has 3 aromatic rings. The summed E-state index contributed by atoms with van der Waals surface area (Å²) in [4.78, 5) is 14.6. The topological polar surface area (TPSA) is 76.8 Å². The van der Waals surface area contributed by atoms with E-state index in [1.165, 1.54) is 0 Å². The molecule has 1 amide bonds. The molecule has 0 radical (unpaired) electrons. The van der Waals surface area contributed by atoms with Crippen molar-refractivity contribution in [2.75, 3.05) is 18.1 Å². The van der Waals surface area contributed by atoms with E-state index in [9.17, 15) is 13.2 Å². The number of benzene rings is 2.